The molecule has 2 aromatic heterocycles. The Labute approximate surface area is 172 Å². The minimum atomic E-state index is -0.0454. The number of piperidine rings is 1. The van der Waals surface area contributed by atoms with E-state index in [9.17, 15) is 4.79 Å². The Morgan fingerprint density at radius 2 is 2.21 bits per heavy atom. The minimum absolute atomic E-state index is 0.0275. The van der Waals surface area contributed by atoms with E-state index in [2.05, 4.69) is 20.4 Å². The van der Waals surface area contributed by atoms with E-state index < -0.39 is 0 Å². The topological polar surface area (TPSA) is 71.3 Å². The molecule has 0 aliphatic carbocycles. The average Bonchev–Trinajstić information content (AvgIpc) is 3.40. The van der Waals surface area contributed by atoms with Gasteiger partial charge in [0, 0.05) is 18.1 Å². The molecule has 1 amide bonds. The standard InChI is InChI=1S/C20H21ClN4O2S/c21-16-7-2-1-5-14(16)12-25-9-3-6-15(13-25)20(26)22-11-18-23-19(24-27-18)17-8-4-10-28-17/h1-2,4-5,7-8,10,15H,3,6,9,11-13H2,(H,22,26)/t15-/m1/s1. The zero-order chi connectivity index (χ0) is 19.3. The van der Waals surface area contributed by atoms with Crippen molar-refractivity contribution in [2.24, 2.45) is 5.92 Å². The lowest BCUT2D eigenvalue weighted by atomic mass is 9.96. The van der Waals surface area contributed by atoms with E-state index in [-0.39, 0.29) is 18.4 Å². The molecule has 0 spiro atoms. The molecule has 0 bridgehead atoms. The minimum Gasteiger partial charge on any atom is -0.347 e. The van der Waals surface area contributed by atoms with Crippen molar-refractivity contribution < 1.29 is 9.32 Å². The second-order valence-corrected chi connectivity index (χ2v) is 8.23. The molecule has 0 saturated carbocycles. The Bertz CT molecular complexity index is 928. The summed E-state index contributed by atoms with van der Waals surface area (Å²) >= 11 is 7.82. The number of carbonyl (C=O) groups excluding carboxylic acids is 1. The van der Waals surface area contributed by atoms with Gasteiger partial charge in [0.05, 0.1) is 17.3 Å². The summed E-state index contributed by atoms with van der Waals surface area (Å²) in [5.74, 6) is 0.957. The summed E-state index contributed by atoms with van der Waals surface area (Å²) in [5, 5.41) is 9.64. The van der Waals surface area contributed by atoms with Crippen LogP contribution in [0.2, 0.25) is 5.02 Å². The van der Waals surface area contributed by atoms with E-state index in [4.69, 9.17) is 16.1 Å². The quantitative estimate of drug-likeness (QED) is 0.658. The highest BCUT2D eigenvalue weighted by molar-refractivity contribution is 7.13. The molecular weight excluding hydrogens is 396 g/mol. The van der Waals surface area contributed by atoms with Gasteiger partial charge >= 0.3 is 0 Å². The highest BCUT2D eigenvalue weighted by Crippen LogP contribution is 2.23. The number of nitrogens with zero attached hydrogens (tertiary/aromatic N) is 3. The predicted molar refractivity (Wildman–Crippen MR) is 109 cm³/mol. The maximum Gasteiger partial charge on any atom is 0.246 e. The molecule has 0 radical (unpaired) electrons. The van der Waals surface area contributed by atoms with Gasteiger partial charge in [0.15, 0.2) is 0 Å². The van der Waals surface area contributed by atoms with Gasteiger partial charge in [-0.3, -0.25) is 9.69 Å². The van der Waals surface area contributed by atoms with Gasteiger partial charge in [-0.15, -0.1) is 11.3 Å². The fourth-order valence-electron chi connectivity index (χ4n) is 3.42. The molecular formula is C20H21ClN4O2S. The molecule has 4 rings (SSSR count). The summed E-state index contributed by atoms with van der Waals surface area (Å²) < 4.78 is 5.25. The third kappa shape index (κ3) is 4.60. The Hall–Kier alpha value is -2.22. The molecule has 1 fully saturated rings. The number of likely N-dealkylation sites (tertiary alicyclic amines) is 1. The second-order valence-electron chi connectivity index (χ2n) is 6.87. The molecule has 6 nitrogen and oxygen atoms in total. The Kier molecular flexibility index (Phi) is 6.04. The van der Waals surface area contributed by atoms with Crippen molar-refractivity contribution in [2.75, 3.05) is 13.1 Å². The van der Waals surface area contributed by atoms with Crippen molar-refractivity contribution in [1.29, 1.82) is 0 Å². The van der Waals surface area contributed by atoms with Crippen molar-refractivity contribution in [3.8, 4) is 10.7 Å². The lowest BCUT2D eigenvalue weighted by Gasteiger charge is -2.32. The summed E-state index contributed by atoms with van der Waals surface area (Å²) in [5.41, 5.74) is 1.09. The third-order valence-electron chi connectivity index (χ3n) is 4.85. The molecule has 1 aromatic carbocycles. The molecule has 1 saturated heterocycles. The number of hydrogen-bond donors (Lipinski definition) is 1. The monoisotopic (exact) mass is 416 g/mol. The van der Waals surface area contributed by atoms with E-state index in [0.717, 1.165) is 47.9 Å². The lowest BCUT2D eigenvalue weighted by Crippen LogP contribution is -2.42. The van der Waals surface area contributed by atoms with Crippen LogP contribution in [0, 0.1) is 5.92 Å². The molecule has 146 valence electrons. The first kappa shape index (κ1) is 19.1. The molecule has 8 heteroatoms. The van der Waals surface area contributed by atoms with Crippen LogP contribution >= 0.6 is 22.9 Å². The van der Waals surface area contributed by atoms with Crippen molar-refractivity contribution >= 4 is 28.8 Å². The predicted octanol–water partition coefficient (Wildman–Crippen LogP) is 3.98. The summed E-state index contributed by atoms with van der Waals surface area (Å²) in [6.45, 7) is 2.71. The molecule has 3 aromatic rings. The zero-order valence-corrected chi connectivity index (χ0v) is 16.9. The average molecular weight is 417 g/mol. The van der Waals surface area contributed by atoms with E-state index in [1.54, 1.807) is 11.3 Å². The smallest absolute Gasteiger partial charge is 0.246 e. The van der Waals surface area contributed by atoms with Crippen molar-refractivity contribution in [3.63, 3.8) is 0 Å². The maximum absolute atomic E-state index is 12.6. The fourth-order valence-corrected chi connectivity index (χ4v) is 4.26. The SMILES string of the molecule is O=C(NCc1nc(-c2cccs2)no1)[C@@H]1CCCN(Cc2ccccc2Cl)C1. The summed E-state index contributed by atoms with van der Waals surface area (Å²) in [4.78, 5) is 20.2. The highest BCUT2D eigenvalue weighted by Gasteiger charge is 2.26. The van der Waals surface area contributed by atoms with Gasteiger partial charge < -0.3 is 9.84 Å². The molecule has 1 aliphatic heterocycles. The van der Waals surface area contributed by atoms with Crippen LogP contribution in [-0.2, 0) is 17.9 Å². The van der Waals surface area contributed by atoms with Crippen LogP contribution in [0.5, 0.6) is 0 Å². The number of halogens is 1. The molecule has 1 aliphatic rings. The van der Waals surface area contributed by atoms with Crippen molar-refractivity contribution in [3.05, 3.63) is 58.3 Å². The largest absolute Gasteiger partial charge is 0.347 e. The van der Waals surface area contributed by atoms with E-state index in [1.807, 2.05) is 41.8 Å². The number of thiophene rings is 1. The highest BCUT2D eigenvalue weighted by atomic mass is 35.5. The Morgan fingerprint density at radius 1 is 1.32 bits per heavy atom. The fraction of sp³-hybridized carbons (Fsp3) is 0.350. The number of amides is 1. The molecule has 3 heterocycles. The zero-order valence-electron chi connectivity index (χ0n) is 15.3. The number of nitrogens with one attached hydrogen (secondary N) is 1. The van der Waals surface area contributed by atoms with Gasteiger partial charge in [-0.25, -0.2) is 0 Å². The van der Waals surface area contributed by atoms with Gasteiger partial charge in [-0.05, 0) is 42.5 Å². The van der Waals surface area contributed by atoms with Crippen LogP contribution < -0.4 is 5.32 Å². The number of hydrogen-bond acceptors (Lipinski definition) is 6. The van der Waals surface area contributed by atoms with Crippen LogP contribution in [0.4, 0.5) is 0 Å². The lowest BCUT2D eigenvalue weighted by molar-refractivity contribution is -0.127. The maximum atomic E-state index is 12.6. The summed E-state index contributed by atoms with van der Waals surface area (Å²) in [7, 11) is 0. The molecule has 1 atom stereocenters. The Balaban J connectivity index is 1.30. The second kappa shape index (κ2) is 8.86. The first-order valence-corrected chi connectivity index (χ1v) is 10.5. The van der Waals surface area contributed by atoms with Crippen LogP contribution in [-0.4, -0.2) is 34.0 Å². The van der Waals surface area contributed by atoms with Crippen LogP contribution in [0.15, 0.2) is 46.3 Å². The van der Waals surface area contributed by atoms with Gasteiger partial charge in [0.1, 0.15) is 0 Å². The van der Waals surface area contributed by atoms with Gasteiger partial charge in [0.2, 0.25) is 17.6 Å². The van der Waals surface area contributed by atoms with Crippen LogP contribution in [0.3, 0.4) is 0 Å². The summed E-state index contributed by atoms with van der Waals surface area (Å²) in [6.07, 6.45) is 1.88. The first-order chi connectivity index (χ1) is 13.7. The van der Waals surface area contributed by atoms with Crippen LogP contribution in [0.25, 0.3) is 10.7 Å². The van der Waals surface area contributed by atoms with Gasteiger partial charge in [0.25, 0.3) is 0 Å². The van der Waals surface area contributed by atoms with Gasteiger partial charge in [-0.2, -0.15) is 4.98 Å². The summed E-state index contributed by atoms with van der Waals surface area (Å²) in [6, 6.07) is 11.7. The van der Waals surface area contributed by atoms with E-state index in [0.29, 0.717) is 11.7 Å². The third-order valence-corrected chi connectivity index (χ3v) is 6.09. The van der Waals surface area contributed by atoms with Crippen LogP contribution in [0.1, 0.15) is 24.3 Å². The van der Waals surface area contributed by atoms with Crippen molar-refractivity contribution in [1.82, 2.24) is 20.4 Å². The Morgan fingerprint density at radius 3 is 3.04 bits per heavy atom. The number of rotatable bonds is 6. The molecule has 28 heavy (non-hydrogen) atoms. The van der Waals surface area contributed by atoms with Gasteiger partial charge in [-0.1, -0.05) is 41.0 Å². The normalized spacial score (nSPS) is 17.5. The van der Waals surface area contributed by atoms with Crippen molar-refractivity contribution in [2.45, 2.75) is 25.9 Å². The molecule has 1 N–H and O–H groups in total. The number of benzene rings is 1. The number of aromatic nitrogens is 2. The molecule has 0 unspecified atom stereocenters. The van der Waals surface area contributed by atoms with E-state index >= 15 is 0 Å². The van der Waals surface area contributed by atoms with E-state index in [1.165, 1.54) is 0 Å². The number of carbonyl (C=O) groups is 1. The first-order valence-electron chi connectivity index (χ1n) is 9.29.